The lowest BCUT2D eigenvalue weighted by Gasteiger charge is -2.28. The van der Waals surface area contributed by atoms with E-state index in [-0.39, 0.29) is 6.10 Å². The van der Waals surface area contributed by atoms with Crippen LogP contribution < -0.4 is 5.32 Å². The number of H-pyrrole nitrogens is 1. The van der Waals surface area contributed by atoms with Gasteiger partial charge in [0.1, 0.15) is 0 Å². The van der Waals surface area contributed by atoms with Gasteiger partial charge in [0.25, 0.3) is 0 Å². The quantitative estimate of drug-likeness (QED) is 0.769. The van der Waals surface area contributed by atoms with E-state index in [0.29, 0.717) is 12.0 Å². The maximum atomic E-state index is 5.93. The third-order valence-corrected chi connectivity index (χ3v) is 3.19. The summed E-state index contributed by atoms with van der Waals surface area (Å²) in [6.07, 6.45) is 5.00. The van der Waals surface area contributed by atoms with Gasteiger partial charge in [-0.15, -0.1) is 0 Å². The molecule has 4 heteroatoms. The van der Waals surface area contributed by atoms with E-state index in [1.165, 1.54) is 24.1 Å². The Morgan fingerprint density at radius 3 is 3.00 bits per heavy atom. The highest BCUT2D eigenvalue weighted by molar-refractivity contribution is 5.27. The van der Waals surface area contributed by atoms with E-state index in [1.807, 2.05) is 6.20 Å². The molecule has 1 aromatic heterocycles. The molecule has 0 spiro atoms. The van der Waals surface area contributed by atoms with Crippen molar-refractivity contribution in [2.75, 3.05) is 13.1 Å². The van der Waals surface area contributed by atoms with Gasteiger partial charge in [0.15, 0.2) is 0 Å². The van der Waals surface area contributed by atoms with Crippen LogP contribution >= 0.6 is 0 Å². The van der Waals surface area contributed by atoms with Crippen molar-refractivity contribution in [3.05, 3.63) is 17.5 Å². The van der Waals surface area contributed by atoms with Crippen molar-refractivity contribution in [1.82, 2.24) is 15.5 Å². The average molecular weight is 207 g/mol. The molecule has 2 atom stereocenters. The molecule has 1 saturated heterocycles. The predicted octanol–water partition coefficient (Wildman–Crippen LogP) is 1.34. The van der Waals surface area contributed by atoms with Crippen molar-refractivity contribution >= 4 is 0 Å². The topological polar surface area (TPSA) is 49.9 Å². The third kappa shape index (κ3) is 1.79. The number of rotatable bonds is 2. The second-order valence-corrected chi connectivity index (χ2v) is 4.61. The highest BCUT2D eigenvalue weighted by Crippen LogP contribution is 2.42. The minimum atomic E-state index is 0.183. The smallest absolute Gasteiger partial charge is 0.0986 e. The Balaban J connectivity index is 1.81. The average Bonchev–Trinajstić information content (AvgIpc) is 2.96. The van der Waals surface area contributed by atoms with Gasteiger partial charge in [0.2, 0.25) is 0 Å². The van der Waals surface area contributed by atoms with Crippen LogP contribution in [0.4, 0.5) is 0 Å². The summed E-state index contributed by atoms with van der Waals surface area (Å²) in [5.74, 6) is 0.711. The zero-order chi connectivity index (χ0) is 10.3. The first-order chi connectivity index (χ1) is 7.34. The summed E-state index contributed by atoms with van der Waals surface area (Å²) in [5.41, 5.74) is 2.56. The van der Waals surface area contributed by atoms with Crippen LogP contribution in [0.3, 0.4) is 0 Å². The number of nitrogens with zero attached hydrogens (tertiary/aromatic N) is 1. The lowest BCUT2D eigenvalue weighted by Crippen LogP contribution is -2.39. The van der Waals surface area contributed by atoms with Crippen LogP contribution in [0.2, 0.25) is 0 Å². The highest BCUT2D eigenvalue weighted by atomic mass is 16.5. The van der Waals surface area contributed by atoms with Gasteiger partial charge in [-0.1, -0.05) is 0 Å². The molecule has 0 unspecified atom stereocenters. The largest absolute Gasteiger partial charge is 0.368 e. The van der Waals surface area contributed by atoms with Gasteiger partial charge in [-0.25, -0.2) is 0 Å². The fraction of sp³-hybridized carbons (Fsp3) is 0.727. The van der Waals surface area contributed by atoms with Crippen LogP contribution in [0.5, 0.6) is 0 Å². The maximum absolute atomic E-state index is 5.93. The Labute approximate surface area is 89.4 Å². The molecule has 3 rings (SSSR count). The van der Waals surface area contributed by atoms with Gasteiger partial charge in [0, 0.05) is 30.3 Å². The second kappa shape index (κ2) is 3.61. The van der Waals surface area contributed by atoms with Gasteiger partial charge in [-0.2, -0.15) is 5.10 Å². The minimum absolute atomic E-state index is 0.183. The SMILES string of the molecule is C[C@@H]1CNC[C@H](c2cn[nH]c2C2CC2)O1. The van der Waals surface area contributed by atoms with Crippen molar-refractivity contribution < 1.29 is 4.74 Å². The van der Waals surface area contributed by atoms with Crippen LogP contribution in [-0.2, 0) is 4.74 Å². The van der Waals surface area contributed by atoms with Crippen LogP contribution in [0.25, 0.3) is 0 Å². The molecule has 0 bridgehead atoms. The molecule has 1 aliphatic heterocycles. The fourth-order valence-corrected chi connectivity index (χ4v) is 2.24. The molecule has 2 heterocycles. The van der Waals surface area contributed by atoms with Crippen LogP contribution in [0.15, 0.2) is 6.20 Å². The summed E-state index contributed by atoms with van der Waals surface area (Å²) < 4.78 is 5.93. The summed E-state index contributed by atoms with van der Waals surface area (Å²) in [6, 6.07) is 0. The van der Waals surface area contributed by atoms with Crippen LogP contribution in [-0.4, -0.2) is 29.4 Å². The second-order valence-electron chi connectivity index (χ2n) is 4.61. The first kappa shape index (κ1) is 9.36. The summed E-state index contributed by atoms with van der Waals surface area (Å²) in [5, 5.41) is 10.7. The Kier molecular flexibility index (Phi) is 2.25. The Bertz CT molecular complexity index is 345. The summed E-state index contributed by atoms with van der Waals surface area (Å²) in [7, 11) is 0. The predicted molar refractivity (Wildman–Crippen MR) is 56.7 cm³/mol. The zero-order valence-electron chi connectivity index (χ0n) is 8.99. The van der Waals surface area contributed by atoms with Crippen molar-refractivity contribution in [1.29, 1.82) is 0 Å². The number of ether oxygens (including phenoxy) is 1. The van der Waals surface area contributed by atoms with E-state index in [1.54, 1.807) is 0 Å². The molecule has 0 amide bonds. The zero-order valence-corrected chi connectivity index (χ0v) is 8.99. The van der Waals surface area contributed by atoms with Gasteiger partial charge < -0.3 is 10.1 Å². The number of hydrogen-bond donors (Lipinski definition) is 2. The number of hydrogen-bond acceptors (Lipinski definition) is 3. The van der Waals surface area contributed by atoms with Crippen molar-refractivity contribution in [3.8, 4) is 0 Å². The van der Waals surface area contributed by atoms with Crippen LogP contribution in [0.1, 0.15) is 43.0 Å². The summed E-state index contributed by atoms with van der Waals surface area (Å²) in [4.78, 5) is 0. The molecule has 4 nitrogen and oxygen atoms in total. The molecular weight excluding hydrogens is 190 g/mol. The minimum Gasteiger partial charge on any atom is -0.368 e. The van der Waals surface area contributed by atoms with Gasteiger partial charge in [0.05, 0.1) is 18.4 Å². The first-order valence-corrected chi connectivity index (χ1v) is 5.74. The maximum Gasteiger partial charge on any atom is 0.0986 e. The van der Waals surface area contributed by atoms with Gasteiger partial charge >= 0.3 is 0 Å². The highest BCUT2D eigenvalue weighted by Gasteiger charge is 2.32. The molecule has 2 fully saturated rings. The molecule has 82 valence electrons. The molecule has 2 N–H and O–H groups in total. The molecular formula is C11H17N3O. The molecule has 15 heavy (non-hydrogen) atoms. The molecule has 0 radical (unpaired) electrons. The molecule has 1 aromatic rings. The lowest BCUT2D eigenvalue weighted by atomic mass is 10.1. The third-order valence-electron chi connectivity index (χ3n) is 3.19. The number of aromatic nitrogens is 2. The number of morpholine rings is 1. The monoisotopic (exact) mass is 207 g/mol. The van der Waals surface area contributed by atoms with E-state index < -0.39 is 0 Å². The van der Waals surface area contributed by atoms with Crippen molar-refractivity contribution in [3.63, 3.8) is 0 Å². The van der Waals surface area contributed by atoms with Gasteiger partial charge in [-0.3, -0.25) is 5.10 Å². The normalized spacial score (nSPS) is 31.8. The molecule has 2 aliphatic rings. The summed E-state index contributed by atoms with van der Waals surface area (Å²) >= 11 is 0. The number of aromatic amines is 1. The Hall–Kier alpha value is -0.870. The van der Waals surface area contributed by atoms with Gasteiger partial charge in [-0.05, 0) is 19.8 Å². The van der Waals surface area contributed by atoms with E-state index in [9.17, 15) is 0 Å². The standard InChI is InChI=1S/C11H17N3O/c1-7-4-12-6-10(15-7)9-5-13-14-11(9)8-2-3-8/h5,7-8,10,12H,2-4,6H2,1H3,(H,13,14)/t7-,10-/m1/s1. The molecule has 1 aliphatic carbocycles. The number of nitrogens with one attached hydrogen (secondary N) is 2. The molecule has 0 aromatic carbocycles. The Morgan fingerprint density at radius 2 is 2.27 bits per heavy atom. The molecule has 1 saturated carbocycles. The fourth-order valence-electron chi connectivity index (χ4n) is 2.24. The first-order valence-electron chi connectivity index (χ1n) is 5.74. The summed E-state index contributed by atoms with van der Waals surface area (Å²) in [6.45, 7) is 3.97. The van der Waals surface area contributed by atoms with E-state index in [4.69, 9.17) is 4.74 Å². The van der Waals surface area contributed by atoms with E-state index in [2.05, 4.69) is 22.4 Å². The van der Waals surface area contributed by atoms with Crippen molar-refractivity contribution in [2.45, 2.75) is 37.9 Å². The van der Waals surface area contributed by atoms with E-state index >= 15 is 0 Å². The van der Waals surface area contributed by atoms with Crippen LogP contribution in [0, 0.1) is 0 Å². The van der Waals surface area contributed by atoms with Crippen molar-refractivity contribution in [2.24, 2.45) is 0 Å². The van der Waals surface area contributed by atoms with E-state index in [0.717, 1.165) is 13.1 Å². The Morgan fingerprint density at radius 1 is 1.40 bits per heavy atom. The lowest BCUT2D eigenvalue weighted by molar-refractivity contribution is -0.0291.